The fourth-order valence-electron chi connectivity index (χ4n) is 2.82. The number of nitrogens with zero attached hydrogens (tertiary/aromatic N) is 2. The first kappa shape index (κ1) is 14.8. The van der Waals surface area contributed by atoms with Crippen LogP contribution in [-0.4, -0.2) is 71.7 Å². The summed E-state index contributed by atoms with van der Waals surface area (Å²) >= 11 is 0. The van der Waals surface area contributed by atoms with Gasteiger partial charge in [-0.05, 0) is 40.2 Å². The second-order valence-corrected chi connectivity index (χ2v) is 6.24. The lowest BCUT2D eigenvalue weighted by atomic mass is 10.1. The maximum atomic E-state index is 11.2. The Labute approximate surface area is 115 Å². The number of carboxylic acid groups (broad SMARTS) is 1. The lowest BCUT2D eigenvalue weighted by Crippen LogP contribution is -2.55. The quantitative estimate of drug-likeness (QED) is 0.740. The van der Waals surface area contributed by atoms with Gasteiger partial charge in [-0.25, -0.2) is 0 Å². The van der Waals surface area contributed by atoms with Gasteiger partial charge in [0.05, 0.1) is 0 Å². The van der Waals surface area contributed by atoms with Crippen molar-refractivity contribution in [3.63, 3.8) is 0 Å². The number of piperazine rings is 1. The summed E-state index contributed by atoms with van der Waals surface area (Å²) < 4.78 is 0. The Bertz CT molecular complexity index is 308. The molecule has 1 heterocycles. The third-order valence-corrected chi connectivity index (χ3v) is 4.48. The molecule has 0 amide bonds. The molecule has 19 heavy (non-hydrogen) atoms. The van der Waals surface area contributed by atoms with Gasteiger partial charge in [0, 0.05) is 37.8 Å². The van der Waals surface area contributed by atoms with Crippen molar-refractivity contribution in [3.05, 3.63) is 0 Å². The van der Waals surface area contributed by atoms with Crippen LogP contribution in [0.4, 0.5) is 0 Å². The van der Waals surface area contributed by atoms with Crippen LogP contribution in [0.1, 0.15) is 33.1 Å². The number of carboxylic acids is 1. The van der Waals surface area contributed by atoms with Gasteiger partial charge < -0.3 is 15.3 Å². The molecule has 5 nitrogen and oxygen atoms in total. The molecule has 110 valence electrons. The molecule has 0 aromatic carbocycles. The zero-order chi connectivity index (χ0) is 14.0. The summed E-state index contributed by atoms with van der Waals surface area (Å²) in [6.45, 7) is 7.42. The first-order chi connectivity index (χ1) is 8.97. The van der Waals surface area contributed by atoms with Gasteiger partial charge in [-0.1, -0.05) is 0 Å². The average Bonchev–Trinajstić information content (AvgIpc) is 3.14. The first-order valence-electron chi connectivity index (χ1n) is 7.40. The fourth-order valence-corrected chi connectivity index (χ4v) is 2.82. The smallest absolute Gasteiger partial charge is 0.320 e. The van der Waals surface area contributed by atoms with E-state index in [1.54, 1.807) is 0 Å². The van der Waals surface area contributed by atoms with Crippen molar-refractivity contribution < 1.29 is 9.90 Å². The largest absolute Gasteiger partial charge is 0.480 e. The normalized spacial score (nSPS) is 31.3. The summed E-state index contributed by atoms with van der Waals surface area (Å²) in [5, 5.41) is 12.5. The average molecular weight is 269 g/mol. The van der Waals surface area contributed by atoms with E-state index in [0.29, 0.717) is 24.5 Å². The highest BCUT2D eigenvalue weighted by atomic mass is 16.4. The number of nitrogens with one attached hydrogen (secondary N) is 1. The maximum Gasteiger partial charge on any atom is 0.320 e. The SMILES string of the molecule is CC1CN(CCC(NC2CC2)C(=O)O)CC(C)N1C. The van der Waals surface area contributed by atoms with E-state index in [2.05, 4.69) is 36.0 Å². The summed E-state index contributed by atoms with van der Waals surface area (Å²) in [5.74, 6) is -0.706. The molecule has 1 aliphatic carbocycles. The van der Waals surface area contributed by atoms with Crippen LogP contribution >= 0.6 is 0 Å². The predicted molar refractivity (Wildman–Crippen MR) is 75.3 cm³/mol. The highest BCUT2D eigenvalue weighted by Crippen LogP contribution is 2.20. The minimum Gasteiger partial charge on any atom is -0.480 e. The summed E-state index contributed by atoms with van der Waals surface area (Å²) in [6, 6.07) is 1.16. The topological polar surface area (TPSA) is 55.8 Å². The van der Waals surface area contributed by atoms with Crippen LogP contribution in [0.2, 0.25) is 0 Å². The molecule has 0 radical (unpaired) electrons. The Morgan fingerprint density at radius 3 is 2.37 bits per heavy atom. The van der Waals surface area contributed by atoms with Crippen molar-refractivity contribution in [1.82, 2.24) is 15.1 Å². The molecule has 2 N–H and O–H groups in total. The highest BCUT2D eigenvalue weighted by molar-refractivity contribution is 5.73. The Kier molecular flexibility index (Phi) is 4.81. The molecule has 5 heteroatoms. The molecule has 0 aromatic heterocycles. The van der Waals surface area contributed by atoms with E-state index in [9.17, 15) is 9.90 Å². The van der Waals surface area contributed by atoms with Crippen molar-refractivity contribution in [1.29, 1.82) is 0 Å². The third-order valence-electron chi connectivity index (χ3n) is 4.48. The van der Waals surface area contributed by atoms with Crippen molar-refractivity contribution in [3.8, 4) is 0 Å². The molecule has 1 saturated carbocycles. The molecule has 1 saturated heterocycles. The molecular formula is C14H27N3O2. The number of hydrogen-bond acceptors (Lipinski definition) is 4. The molecule has 0 aromatic rings. The number of carbonyl (C=O) groups is 1. The Morgan fingerprint density at radius 2 is 1.89 bits per heavy atom. The minimum absolute atomic E-state index is 0.377. The Hall–Kier alpha value is -0.650. The second-order valence-electron chi connectivity index (χ2n) is 6.24. The van der Waals surface area contributed by atoms with Gasteiger partial charge in [-0.2, -0.15) is 0 Å². The summed E-state index contributed by atoms with van der Waals surface area (Å²) in [5.41, 5.74) is 0. The molecule has 3 atom stereocenters. The van der Waals surface area contributed by atoms with Crippen LogP contribution in [0.15, 0.2) is 0 Å². The van der Waals surface area contributed by atoms with E-state index in [0.717, 1.165) is 32.5 Å². The van der Waals surface area contributed by atoms with E-state index in [1.165, 1.54) is 0 Å². The molecule has 2 rings (SSSR count). The third kappa shape index (κ3) is 4.16. The van der Waals surface area contributed by atoms with E-state index in [1.807, 2.05) is 0 Å². The number of rotatable bonds is 6. The van der Waals surface area contributed by atoms with Crippen molar-refractivity contribution in [2.45, 2.75) is 57.3 Å². The minimum atomic E-state index is -0.706. The molecule has 2 aliphatic rings. The van der Waals surface area contributed by atoms with Crippen LogP contribution in [-0.2, 0) is 4.79 Å². The van der Waals surface area contributed by atoms with Crippen LogP contribution in [0.5, 0.6) is 0 Å². The zero-order valence-electron chi connectivity index (χ0n) is 12.3. The number of hydrogen-bond donors (Lipinski definition) is 2. The molecule has 3 unspecified atom stereocenters. The monoisotopic (exact) mass is 269 g/mol. The van der Waals surface area contributed by atoms with Gasteiger partial charge in [0.2, 0.25) is 0 Å². The fraction of sp³-hybridized carbons (Fsp3) is 0.929. The van der Waals surface area contributed by atoms with Crippen LogP contribution in [0.3, 0.4) is 0 Å². The Balaban J connectivity index is 1.78. The number of likely N-dealkylation sites (N-methyl/N-ethyl adjacent to an activating group) is 1. The van der Waals surface area contributed by atoms with Gasteiger partial charge in [-0.15, -0.1) is 0 Å². The van der Waals surface area contributed by atoms with Crippen molar-refractivity contribution in [2.75, 3.05) is 26.7 Å². The van der Waals surface area contributed by atoms with Gasteiger partial charge in [0.25, 0.3) is 0 Å². The lowest BCUT2D eigenvalue weighted by Gasteiger charge is -2.42. The molecule has 0 bridgehead atoms. The van der Waals surface area contributed by atoms with Crippen LogP contribution in [0, 0.1) is 0 Å². The van der Waals surface area contributed by atoms with E-state index in [-0.39, 0.29) is 6.04 Å². The van der Waals surface area contributed by atoms with Crippen LogP contribution < -0.4 is 5.32 Å². The Morgan fingerprint density at radius 1 is 1.32 bits per heavy atom. The van der Waals surface area contributed by atoms with Crippen molar-refractivity contribution >= 4 is 5.97 Å². The lowest BCUT2D eigenvalue weighted by molar-refractivity contribution is -0.139. The van der Waals surface area contributed by atoms with E-state index < -0.39 is 5.97 Å². The van der Waals surface area contributed by atoms with Gasteiger partial charge in [-0.3, -0.25) is 9.69 Å². The van der Waals surface area contributed by atoms with Gasteiger partial charge >= 0.3 is 5.97 Å². The van der Waals surface area contributed by atoms with E-state index in [4.69, 9.17) is 0 Å². The molecule has 0 spiro atoms. The van der Waals surface area contributed by atoms with Crippen molar-refractivity contribution in [2.24, 2.45) is 0 Å². The van der Waals surface area contributed by atoms with Crippen LogP contribution in [0.25, 0.3) is 0 Å². The second kappa shape index (κ2) is 6.20. The predicted octanol–water partition coefficient (Wildman–Crippen LogP) is 0.606. The maximum absolute atomic E-state index is 11.2. The molecular weight excluding hydrogens is 242 g/mol. The first-order valence-corrected chi connectivity index (χ1v) is 7.40. The van der Waals surface area contributed by atoms with Gasteiger partial charge in [0.15, 0.2) is 0 Å². The van der Waals surface area contributed by atoms with E-state index >= 15 is 0 Å². The standard InChI is InChI=1S/C14H27N3O2/c1-10-8-17(9-11(2)16(10)3)7-6-13(14(18)19)15-12-4-5-12/h10-13,15H,4-9H2,1-3H3,(H,18,19). The summed E-state index contributed by atoms with van der Waals surface area (Å²) in [6.07, 6.45) is 2.97. The highest BCUT2D eigenvalue weighted by Gasteiger charge is 2.30. The molecule has 1 aliphatic heterocycles. The summed E-state index contributed by atoms with van der Waals surface area (Å²) in [7, 11) is 2.17. The number of aliphatic carboxylic acids is 1. The molecule has 2 fully saturated rings. The zero-order valence-corrected chi connectivity index (χ0v) is 12.3. The van der Waals surface area contributed by atoms with Gasteiger partial charge in [0.1, 0.15) is 6.04 Å². The summed E-state index contributed by atoms with van der Waals surface area (Å²) in [4.78, 5) is 16.0.